The zero-order valence-corrected chi connectivity index (χ0v) is 11.0. The first-order chi connectivity index (χ1) is 9.43. The van der Waals surface area contributed by atoms with E-state index in [9.17, 15) is 0 Å². The number of nitrogens with zero attached hydrogens (tertiary/aromatic N) is 3. The first-order valence-corrected chi connectivity index (χ1v) is 6.90. The summed E-state index contributed by atoms with van der Waals surface area (Å²) in [5, 5.41) is 0.906. The van der Waals surface area contributed by atoms with Crippen molar-refractivity contribution < 1.29 is 0 Å². The number of rotatable bonds is 4. The number of aromatic amines is 1. The Morgan fingerprint density at radius 1 is 1.11 bits per heavy atom. The lowest BCUT2D eigenvalue weighted by Crippen LogP contribution is -1.86. The number of fused-ring (bicyclic) bond motifs is 1. The van der Waals surface area contributed by atoms with Crippen molar-refractivity contribution in [2.24, 2.45) is 0 Å². The van der Waals surface area contributed by atoms with Gasteiger partial charge in [-0.25, -0.2) is 15.0 Å². The maximum atomic E-state index is 4.26. The molecule has 19 heavy (non-hydrogen) atoms. The van der Waals surface area contributed by atoms with Gasteiger partial charge in [-0.1, -0.05) is 54.2 Å². The number of hydrogen-bond donors (Lipinski definition) is 1. The first-order valence-electron chi connectivity index (χ1n) is 5.92. The van der Waals surface area contributed by atoms with E-state index in [2.05, 4.69) is 44.2 Å². The second kappa shape index (κ2) is 5.67. The van der Waals surface area contributed by atoms with Crippen molar-refractivity contribution in [2.75, 3.05) is 5.75 Å². The lowest BCUT2D eigenvalue weighted by Gasteiger charge is -1.97. The number of aromatic nitrogens is 4. The highest BCUT2D eigenvalue weighted by Gasteiger charge is 2.04. The monoisotopic (exact) mass is 268 g/mol. The average molecular weight is 268 g/mol. The normalized spacial score (nSPS) is 11.4. The SMILES string of the molecule is C(=C\c1ccccc1)/CSc1ncnc2[nH]cnc12. The average Bonchev–Trinajstić information content (AvgIpc) is 2.94. The third-order valence-corrected chi connectivity index (χ3v) is 3.54. The van der Waals surface area contributed by atoms with Crippen LogP contribution in [-0.4, -0.2) is 25.7 Å². The van der Waals surface area contributed by atoms with Gasteiger partial charge in [-0.2, -0.15) is 0 Å². The number of hydrogen-bond acceptors (Lipinski definition) is 4. The van der Waals surface area contributed by atoms with E-state index in [1.807, 2.05) is 18.2 Å². The van der Waals surface area contributed by atoms with Crippen LogP contribution in [0.1, 0.15) is 5.56 Å². The van der Waals surface area contributed by atoms with Crippen molar-refractivity contribution in [3.05, 3.63) is 54.6 Å². The Labute approximate surface area is 115 Å². The van der Waals surface area contributed by atoms with Crippen LogP contribution < -0.4 is 0 Å². The molecule has 94 valence electrons. The topological polar surface area (TPSA) is 54.5 Å². The van der Waals surface area contributed by atoms with Gasteiger partial charge in [0.15, 0.2) is 5.65 Å². The van der Waals surface area contributed by atoms with Crippen LogP contribution in [0.2, 0.25) is 0 Å². The van der Waals surface area contributed by atoms with Gasteiger partial charge in [0.1, 0.15) is 16.9 Å². The largest absolute Gasteiger partial charge is 0.329 e. The number of imidazole rings is 1. The second-order valence-corrected chi connectivity index (χ2v) is 4.91. The van der Waals surface area contributed by atoms with Crippen LogP contribution in [0.15, 0.2) is 54.1 Å². The molecule has 0 bridgehead atoms. The van der Waals surface area contributed by atoms with Gasteiger partial charge in [0.2, 0.25) is 0 Å². The van der Waals surface area contributed by atoms with Gasteiger partial charge < -0.3 is 4.98 Å². The standard InChI is InChI=1S/C14H12N4S/c1-2-5-11(6-3-1)7-4-8-19-14-12-13(16-9-15-12)17-10-18-14/h1-7,9-10H,8H2,(H,15,16,17,18)/b7-4+. The van der Waals surface area contributed by atoms with Gasteiger partial charge in [0, 0.05) is 5.75 Å². The van der Waals surface area contributed by atoms with Crippen molar-refractivity contribution in [3.63, 3.8) is 0 Å². The highest BCUT2D eigenvalue weighted by molar-refractivity contribution is 7.99. The fourth-order valence-electron chi connectivity index (χ4n) is 1.72. The minimum atomic E-state index is 0.782. The van der Waals surface area contributed by atoms with E-state index in [1.165, 1.54) is 5.56 Å². The predicted octanol–water partition coefficient (Wildman–Crippen LogP) is 3.16. The van der Waals surface area contributed by atoms with Crippen LogP contribution in [0.25, 0.3) is 17.2 Å². The number of thioether (sulfide) groups is 1. The lowest BCUT2D eigenvalue weighted by atomic mass is 10.2. The van der Waals surface area contributed by atoms with E-state index in [4.69, 9.17) is 0 Å². The van der Waals surface area contributed by atoms with Crippen LogP contribution in [0.4, 0.5) is 0 Å². The van der Waals surface area contributed by atoms with E-state index < -0.39 is 0 Å². The Kier molecular flexibility index (Phi) is 3.56. The van der Waals surface area contributed by atoms with E-state index in [0.29, 0.717) is 0 Å². The fourth-order valence-corrected chi connectivity index (χ4v) is 2.48. The lowest BCUT2D eigenvalue weighted by molar-refractivity contribution is 1.09. The third kappa shape index (κ3) is 2.82. The summed E-state index contributed by atoms with van der Waals surface area (Å²) in [5.41, 5.74) is 2.82. The molecule has 1 N–H and O–H groups in total. The molecule has 4 nitrogen and oxygen atoms in total. The van der Waals surface area contributed by atoms with E-state index >= 15 is 0 Å². The molecule has 0 aliphatic heterocycles. The molecule has 0 fully saturated rings. The number of benzene rings is 1. The fraction of sp³-hybridized carbons (Fsp3) is 0.0714. The number of H-pyrrole nitrogens is 1. The quantitative estimate of drug-likeness (QED) is 0.583. The van der Waals surface area contributed by atoms with Crippen molar-refractivity contribution in [2.45, 2.75) is 5.03 Å². The van der Waals surface area contributed by atoms with Gasteiger partial charge in [-0.15, -0.1) is 0 Å². The maximum Gasteiger partial charge on any atom is 0.161 e. The maximum absolute atomic E-state index is 4.26. The van der Waals surface area contributed by atoms with Crippen molar-refractivity contribution in [1.29, 1.82) is 0 Å². The minimum absolute atomic E-state index is 0.782. The molecule has 2 heterocycles. The van der Waals surface area contributed by atoms with Gasteiger partial charge in [-0.05, 0) is 5.56 Å². The molecule has 5 heteroatoms. The molecule has 0 aliphatic carbocycles. The first kappa shape index (κ1) is 11.9. The molecule has 0 atom stereocenters. The van der Waals surface area contributed by atoms with Crippen molar-refractivity contribution >= 4 is 29.0 Å². The van der Waals surface area contributed by atoms with Gasteiger partial charge >= 0.3 is 0 Å². The highest BCUT2D eigenvalue weighted by Crippen LogP contribution is 2.21. The van der Waals surface area contributed by atoms with Crippen LogP contribution in [0, 0.1) is 0 Å². The van der Waals surface area contributed by atoms with E-state index in [-0.39, 0.29) is 0 Å². The summed E-state index contributed by atoms with van der Waals surface area (Å²) in [5.74, 6) is 0.855. The summed E-state index contributed by atoms with van der Waals surface area (Å²) in [7, 11) is 0. The van der Waals surface area contributed by atoms with Crippen LogP contribution in [0.3, 0.4) is 0 Å². The molecule has 0 saturated carbocycles. The molecule has 0 unspecified atom stereocenters. The molecule has 2 aromatic heterocycles. The van der Waals surface area contributed by atoms with E-state index in [1.54, 1.807) is 24.4 Å². The molecule has 0 saturated heterocycles. The third-order valence-electron chi connectivity index (χ3n) is 2.61. The Morgan fingerprint density at radius 2 is 2.00 bits per heavy atom. The molecule has 0 radical (unpaired) electrons. The summed E-state index contributed by atoms with van der Waals surface area (Å²) in [6.07, 6.45) is 7.43. The Balaban J connectivity index is 1.67. The smallest absolute Gasteiger partial charge is 0.161 e. The molecular weight excluding hydrogens is 256 g/mol. The predicted molar refractivity (Wildman–Crippen MR) is 77.9 cm³/mol. The van der Waals surface area contributed by atoms with Gasteiger partial charge in [0.25, 0.3) is 0 Å². The van der Waals surface area contributed by atoms with Crippen molar-refractivity contribution in [3.8, 4) is 0 Å². The summed E-state index contributed by atoms with van der Waals surface area (Å²) in [6.45, 7) is 0. The Hall–Kier alpha value is -2.14. The molecule has 0 spiro atoms. The summed E-state index contributed by atoms with van der Waals surface area (Å²) in [4.78, 5) is 15.6. The van der Waals surface area contributed by atoms with Crippen LogP contribution in [-0.2, 0) is 0 Å². The molecule has 3 rings (SSSR count). The van der Waals surface area contributed by atoms with Gasteiger partial charge in [-0.3, -0.25) is 0 Å². The zero-order valence-electron chi connectivity index (χ0n) is 10.2. The van der Waals surface area contributed by atoms with Crippen LogP contribution in [0.5, 0.6) is 0 Å². The molecule has 0 aliphatic rings. The molecule has 1 aromatic carbocycles. The molecular formula is C14H12N4S. The molecule has 0 amide bonds. The minimum Gasteiger partial charge on any atom is -0.329 e. The van der Waals surface area contributed by atoms with Gasteiger partial charge in [0.05, 0.1) is 6.33 Å². The van der Waals surface area contributed by atoms with Crippen molar-refractivity contribution in [1.82, 2.24) is 19.9 Å². The van der Waals surface area contributed by atoms with E-state index in [0.717, 1.165) is 21.9 Å². The zero-order chi connectivity index (χ0) is 12.9. The number of nitrogens with one attached hydrogen (secondary N) is 1. The highest BCUT2D eigenvalue weighted by atomic mass is 32.2. The Bertz CT molecular complexity index is 691. The summed E-state index contributed by atoms with van der Waals surface area (Å²) in [6, 6.07) is 10.2. The molecule has 3 aromatic rings. The summed E-state index contributed by atoms with van der Waals surface area (Å²) < 4.78 is 0. The second-order valence-electron chi connectivity index (χ2n) is 3.90. The Morgan fingerprint density at radius 3 is 2.89 bits per heavy atom. The van der Waals surface area contributed by atoms with Crippen LogP contribution >= 0.6 is 11.8 Å². The summed E-state index contributed by atoms with van der Waals surface area (Å²) >= 11 is 1.65.